The van der Waals surface area contributed by atoms with Crippen molar-refractivity contribution in [3.05, 3.63) is 47.9 Å². The van der Waals surface area contributed by atoms with E-state index in [-0.39, 0.29) is 28.2 Å². The molecule has 7 nitrogen and oxygen atoms in total. The van der Waals surface area contributed by atoms with Crippen molar-refractivity contribution in [3.63, 3.8) is 0 Å². The number of ether oxygens (including phenoxy) is 1. The smallest absolute Gasteiger partial charge is 0.254 e. The molecule has 1 unspecified atom stereocenters. The minimum Gasteiger partial charge on any atom is -0.495 e. The molecule has 0 radical (unpaired) electrons. The molecule has 1 heterocycles. The van der Waals surface area contributed by atoms with Crippen LogP contribution < -0.4 is 9.46 Å². The van der Waals surface area contributed by atoms with Crippen LogP contribution in [0.15, 0.2) is 45.9 Å². The van der Waals surface area contributed by atoms with Crippen LogP contribution in [-0.2, 0) is 10.0 Å². The number of hydrogen-bond donors (Lipinski definition) is 1. The van der Waals surface area contributed by atoms with Crippen LogP contribution in [0.1, 0.15) is 49.9 Å². The van der Waals surface area contributed by atoms with Crippen LogP contribution in [0, 0.1) is 0 Å². The molecule has 1 aromatic carbocycles. The van der Waals surface area contributed by atoms with Gasteiger partial charge in [-0.05, 0) is 58.0 Å². The highest BCUT2D eigenvalue weighted by Crippen LogP contribution is 2.28. The average Bonchev–Trinajstić information content (AvgIpc) is 3.11. The minimum atomic E-state index is -3.87. The fourth-order valence-electron chi connectivity index (χ4n) is 2.58. The van der Waals surface area contributed by atoms with Crippen molar-refractivity contribution >= 4 is 15.9 Å². The molecule has 1 amide bonds. The number of nitrogens with one attached hydrogen (secondary N) is 1. The third-order valence-corrected chi connectivity index (χ3v) is 5.78. The third kappa shape index (κ3) is 4.90. The number of carbonyl (C=O) groups is 1. The Morgan fingerprint density at radius 1 is 1.26 bits per heavy atom. The normalized spacial score (nSPS) is 13.3. The maximum absolute atomic E-state index is 12.9. The number of furan rings is 1. The summed E-state index contributed by atoms with van der Waals surface area (Å²) >= 11 is 0. The lowest BCUT2D eigenvalue weighted by molar-refractivity contribution is 0.0726. The lowest BCUT2D eigenvalue weighted by Gasteiger charge is -2.24. The zero-order valence-electron chi connectivity index (χ0n) is 16.4. The number of methoxy groups -OCH3 is 1. The van der Waals surface area contributed by atoms with Crippen LogP contribution in [0.4, 0.5) is 0 Å². The van der Waals surface area contributed by atoms with E-state index in [1.54, 1.807) is 52.3 Å². The van der Waals surface area contributed by atoms with Gasteiger partial charge in [0.15, 0.2) is 0 Å². The van der Waals surface area contributed by atoms with E-state index < -0.39 is 15.6 Å². The Hall–Kier alpha value is -2.32. The maximum atomic E-state index is 12.9. The first-order valence-corrected chi connectivity index (χ1v) is 9.97. The zero-order chi connectivity index (χ0) is 20.4. The topological polar surface area (TPSA) is 88.8 Å². The van der Waals surface area contributed by atoms with Crippen molar-refractivity contribution in [2.45, 2.75) is 44.2 Å². The second-order valence-electron chi connectivity index (χ2n) is 7.33. The van der Waals surface area contributed by atoms with E-state index in [1.165, 1.54) is 24.1 Å². The molecule has 148 valence electrons. The molecule has 0 saturated carbocycles. The molecule has 2 aromatic rings. The Morgan fingerprint density at radius 3 is 2.44 bits per heavy atom. The largest absolute Gasteiger partial charge is 0.495 e. The second kappa shape index (κ2) is 7.74. The van der Waals surface area contributed by atoms with Crippen molar-refractivity contribution in [2.75, 3.05) is 14.2 Å². The Bertz CT molecular complexity index is 899. The number of hydrogen-bond acceptors (Lipinski definition) is 5. The summed E-state index contributed by atoms with van der Waals surface area (Å²) in [4.78, 5) is 14.3. The summed E-state index contributed by atoms with van der Waals surface area (Å²) in [7, 11) is -0.843. The van der Waals surface area contributed by atoms with E-state index >= 15 is 0 Å². The highest BCUT2D eigenvalue weighted by atomic mass is 32.2. The number of rotatable bonds is 6. The van der Waals surface area contributed by atoms with Crippen molar-refractivity contribution in [1.82, 2.24) is 9.62 Å². The van der Waals surface area contributed by atoms with Gasteiger partial charge in [0.05, 0.1) is 19.4 Å². The number of nitrogens with zero attached hydrogens (tertiary/aromatic N) is 1. The monoisotopic (exact) mass is 394 g/mol. The van der Waals surface area contributed by atoms with Crippen molar-refractivity contribution in [1.29, 1.82) is 0 Å². The summed E-state index contributed by atoms with van der Waals surface area (Å²) in [5, 5.41) is 0. The molecule has 0 aliphatic carbocycles. The van der Waals surface area contributed by atoms with Gasteiger partial charge in [-0.2, -0.15) is 0 Å². The van der Waals surface area contributed by atoms with Crippen LogP contribution in [0.2, 0.25) is 0 Å². The summed E-state index contributed by atoms with van der Waals surface area (Å²) in [6.07, 6.45) is 1.54. The Morgan fingerprint density at radius 2 is 1.93 bits per heavy atom. The van der Waals surface area contributed by atoms with E-state index in [0.717, 1.165) is 0 Å². The second-order valence-corrected chi connectivity index (χ2v) is 8.98. The third-order valence-electron chi connectivity index (χ3n) is 4.00. The van der Waals surface area contributed by atoms with E-state index in [9.17, 15) is 13.2 Å². The van der Waals surface area contributed by atoms with E-state index in [0.29, 0.717) is 5.76 Å². The first kappa shape index (κ1) is 21.0. The van der Waals surface area contributed by atoms with Crippen LogP contribution in [0.25, 0.3) is 0 Å². The lowest BCUT2D eigenvalue weighted by atomic mass is 10.1. The van der Waals surface area contributed by atoms with Crippen molar-refractivity contribution in [3.8, 4) is 5.75 Å². The van der Waals surface area contributed by atoms with Gasteiger partial charge in [-0.15, -0.1) is 0 Å². The summed E-state index contributed by atoms with van der Waals surface area (Å²) in [5.74, 6) is 0.486. The Balaban J connectivity index is 2.40. The van der Waals surface area contributed by atoms with Crippen LogP contribution in [-0.4, -0.2) is 38.9 Å². The highest BCUT2D eigenvalue weighted by molar-refractivity contribution is 7.89. The molecule has 0 fully saturated rings. The molecule has 0 aliphatic rings. The molecule has 1 atom stereocenters. The Kier molecular flexibility index (Phi) is 6.01. The minimum absolute atomic E-state index is 0.0789. The zero-order valence-corrected chi connectivity index (χ0v) is 17.3. The molecule has 0 spiro atoms. The summed E-state index contributed by atoms with van der Waals surface area (Å²) < 4.78 is 38.6. The molecule has 2 rings (SSSR count). The van der Waals surface area contributed by atoms with E-state index in [2.05, 4.69) is 4.72 Å². The standard InChI is InChI=1S/C19H26N2O5S/c1-13(15-8-7-11-26-15)21(5)18(22)14-9-10-16(25-6)17(12-14)27(23,24)20-19(2,3)4/h7-13,20H,1-6H3. The first-order chi connectivity index (χ1) is 12.5. The molecule has 1 aromatic heterocycles. The molecular formula is C19H26N2O5S. The van der Waals surface area contributed by atoms with E-state index in [4.69, 9.17) is 9.15 Å². The quantitative estimate of drug-likeness (QED) is 0.813. The fraction of sp³-hybridized carbons (Fsp3) is 0.421. The number of benzene rings is 1. The van der Waals surface area contributed by atoms with Gasteiger partial charge in [-0.25, -0.2) is 13.1 Å². The van der Waals surface area contributed by atoms with Crippen LogP contribution in [0.5, 0.6) is 5.75 Å². The molecular weight excluding hydrogens is 368 g/mol. The predicted molar refractivity (Wildman–Crippen MR) is 102 cm³/mol. The summed E-state index contributed by atoms with van der Waals surface area (Å²) in [5.41, 5.74) is -0.431. The predicted octanol–water partition coefficient (Wildman–Crippen LogP) is 3.20. The van der Waals surface area contributed by atoms with Gasteiger partial charge in [0.2, 0.25) is 10.0 Å². The molecule has 8 heteroatoms. The van der Waals surface area contributed by atoms with Gasteiger partial charge in [0.25, 0.3) is 5.91 Å². The lowest BCUT2D eigenvalue weighted by Crippen LogP contribution is -2.40. The number of amides is 1. The number of carbonyl (C=O) groups excluding carboxylic acids is 1. The molecule has 27 heavy (non-hydrogen) atoms. The number of sulfonamides is 1. The maximum Gasteiger partial charge on any atom is 0.254 e. The summed E-state index contributed by atoms with van der Waals surface area (Å²) in [6, 6.07) is 7.59. The van der Waals surface area contributed by atoms with Crippen molar-refractivity contribution < 1.29 is 22.4 Å². The Labute approximate surface area is 160 Å². The van der Waals surface area contributed by atoms with Gasteiger partial charge in [-0.1, -0.05) is 0 Å². The van der Waals surface area contributed by atoms with Crippen LogP contribution >= 0.6 is 0 Å². The molecule has 0 bridgehead atoms. The molecule has 1 N–H and O–H groups in total. The average molecular weight is 394 g/mol. The van der Waals surface area contributed by atoms with E-state index in [1.807, 2.05) is 6.92 Å². The molecule has 0 saturated heterocycles. The molecule has 0 aliphatic heterocycles. The van der Waals surface area contributed by atoms with Gasteiger partial charge in [0.1, 0.15) is 16.4 Å². The highest BCUT2D eigenvalue weighted by Gasteiger charge is 2.28. The summed E-state index contributed by atoms with van der Waals surface area (Å²) in [6.45, 7) is 7.06. The SMILES string of the molecule is COc1ccc(C(=O)N(C)C(C)c2ccco2)cc1S(=O)(=O)NC(C)(C)C. The first-order valence-electron chi connectivity index (χ1n) is 8.49. The van der Waals surface area contributed by atoms with Gasteiger partial charge < -0.3 is 14.1 Å². The van der Waals surface area contributed by atoms with Gasteiger partial charge >= 0.3 is 0 Å². The fourth-order valence-corrected chi connectivity index (χ4v) is 4.19. The van der Waals surface area contributed by atoms with Gasteiger partial charge in [0, 0.05) is 18.2 Å². The van der Waals surface area contributed by atoms with Crippen LogP contribution in [0.3, 0.4) is 0 Å². The van der Waals surface area contributed by atoms with Gasteiger partial charge in [-0.3, -0.25) is 4.79 Å². The van der Waals surface area contributed by atoms with Crippen molar-refractivity contribution in [2.24, 2.45) is 0 Å².